The molecule has 2 aromatic carbocycles. The molecule has 33 heavy (non-hydrogen) atoms. The third kappa shape index (κ3) is 6.06. The molecular weight excluding hydrogens is 422 g/mol. The van der Waals surface area contributed by atoms with E-state index in [1.807, 2.05) is 26.8 Å². The van der Waals surface area contributed by atoms with E-state index in [1.165, 1.54) is 4.90 Å². The van der Waals surface area contributed by atoms with Crippen molar-refractivity contribution in [3.63, 3.8) is 0 Å². The second kappa shape index (κ2) is 10.9. The predicted octanol–water partition coefficient (Wildman–Crippen LogP) is 4.04. The summed E-state index contributed by atoms with van der Waals surface area (Å²) in [6.07, 6.45) is 1.75. The maximum absolute atomic E-state index is 12.5. The molecule has 2 aromatic rings. The molecule has 7 heteroatoms. The summed E-state index contributed by atoms with van der Waals surface area (Å²) in [7, 11) is 0. The molecule has 0 bridgehead atoms. The van der Waals surface area contributed by atoms with Gasteiger partial charge in [0.25, 0.3) is 0 Å². The first-order valence-corrected chi connectivity index (χ1v) is 11.1. The molecule has 0 radical (unpaired) electrons. The largest absolute Gasteiger partial charge is 0.462 e. The van der Waals surface area contributed by atoms with Crippen molar-refractivity contribution in [2.24, 2.45) is 5.92 Å². The Hall–Kier alpha value is -3.48. The summed E-state index contributed by atoms with van der Waals surface area (Å²) in [5.74, 6) is -2.12. The van der Waals surface area contributed by atoms with E-state index in [-0.39, 0.29) is 31.3 Å². The Bertz CT molecular complexity index is 1040. The zero-order valence-corrected chi connectivity index (χ0v) is 19.3. The SMILES string of the molecule is CCCCOC(=O)c1ccc(N2C[C@@H](C(=O)OCC(=O)c3ccc(C)c(C)c3)CC2=O)cc1. The van der Waals surface area contributed by atoms with Crippen molar-refractivity contribution in [2.45, 2.75) is 40.0 Å². The molecule has 1 heterocycles. The molecule has 7 nitrogen and oxygen atoms in total. The van der Waals surface area contributed by atoms with Crippen LogP contribution in [0.2, 0.25) is 0 Å². The standard InChI is InChI=1S/C26H29NO6/c1-4-5-12-32-25(30)19-8-10-22(11-9-19)27-15-21(14-24(27)29)26(31)33-16-23(28)20-7-6-17(2)18(3)13-20/h6-11,13,21H,4-5,12,14-16H2,1-3H3/t21-/m0/s1. The number of anilines is 1. The molecule has 0 spiro atoms. The third-order valence-corrected chi connectivity index (χ3v) is 5.78. The van der Waals surface area contributed by atoms with Gasteiger partial charge >= 0.3 is 11.9 Å². The summed E-state index contributed by atoms with van der Waals surface area (Å²) in [5.41, 5.74) is 3.55. The number of carbonyl (C=O) groups excluding carboxylic acids is 4. The van der Waals surface area contributed by atoms with Gasteiger partial charge in [0.1, 0.15) is 0 Å². The summed E-state index contributed by atoms with van der Waals surface area (Å²) in [6, 6.07) is 11.9. The second-order valence-electron chi connectivity index (χ2n) is 8.27. The minimum atomic E-state index is -0.649. The van der Waals surface area contributed by atoms with E-state index in [1.54, 1.807) is 36.4 Å². The number of nitrogens with zero attached hydrogens (tertiary/aromatic N) is 1. The van der Waals surface area contributed by atoms with Gasteiger partial charge in [0, 0.05) is 24.2 Å². The number of carbonyl (C=O) groups is 4. The number of rotatable bonds is 9. The Morgan fingerprint density at radius 2 is 1.67 bits per heavy atom. The van der Waals surface area contributed by atoms with Crippen LogP contribution in [0.15, 0.2) is 42.5 Å². The Morgan fingerprint density at radius 1 is 0.970 bits per heavy atom. The second-order valence-corrected chi connectivity index (χ2v) is 8.27. The molecule has 1 saturated heterocycles. The number of unbranched alkanes of at least 4 members (excludes halogenated alkanes) is 1. The van der Waals surface area contributed by atoms with Gasteiger partial charge < -0.3 is 14.4 Å². The van der Waals surface area contributed by atoms with Gasteiger partial charge in [-0.15, -0.1) is 0 Å². The van der Waals surface area contributed by atoms with E-state index >= 15 is 0 Å². The maximum Gasteiger partial charge on any atom is 0.338 e. The first-order chi connectivity index (χ1) is 15.8. The first kappa shape index (κ1) is 24.2. The highest BCUT2D eigenvalue weighted by Gasteiger charge is 2.36. The van der Waals surface area contributed by atoms with Crippen LogP contribution in [0.4, 0.5) is 5.69 Å². The van der Waals surface area contributed by atoms with Gasteiger partial charge in [0.15, 0.2) is 12.4 Å². The fourth-order valence-corrected chi connectivity index (χ4v) is 3.54. The van der Waals surface area contributed by atoms with Crippen molar-refractivity contribution in [3.05, 3.63) is 64.7 Å². The van der Waals surface area contributed by atoms with Crippen LogP contribution in [-0.4, -0.2) is 43.4 Å². The molecule has 1 aliphatic heterocycles. The van der Waals surface area contributed by atoms with Gasteiger partial charge in [-0.25, -0.2) is 4.79 Å². The van der Waals surface area contributed by atoms with Gasteiger partial charge in [-0.3, -0.25) is 14.4 Å². The van der Waals surface area contributed by atoms with E-state index in [4.69, 9.17) is 9.47 Å². The Morgan fingerprint density at radius 3 is 2.33 bits per heavy atom. The molecule has 0 aliphatic carbocycles. The molecule has 0 unspecified atom stereocenters. The van der Waals surface area contributed by atoms with E-state index in [9.17, 15) is 19.2 Å². The number of benzene rings is 2. The van der Waals surface area contributed by atoms with Crippen molar-refractivity contribution in [2.75, 3.05) is 24.7 Å². The van der Waals surface area contributed by atoms with Crippen LogP contribution < -0.4 is 4.90 Å². The van der Waals surface area contributed by atoms with Gasteiger partial charge in [-0.2, -0.15) is 0 Å². The first-order valence-electron chi connectivity index (χ1n) is 11.1. The fourth-order valence-electron chi connectivity index (χ4n) is 3.54. The number of esters is 2. The maximum atomic E-state index is 12.5. The van der Waals surface area contributed by atoms with Crippen LogP contribution in [0.1, 0.15) is 58.0 Å². The highest BCUT2D eigenvalue weighted by Crippen LogP contribution is 2.26. The topological polar surface area (TPSA) is 90.0 Å². The average molecular weight is 452 g/mol. The fraction of sp³-hybridized carbons (Fsp3) is 0.385. The van der Waals surface area contributed by atoms with Crippen molar-refractivity contribution in [1.82, 2.24) is 0 Å². The number of amides is 1. The normalized spacial score (nSPS) is 15.4. The highest BCUT2D eigenvalue weighted by molar-refractivity contribution is 6.01. The molecule has 0 N–H and O–H groups in total. The number of hydrogen-bond donors (Lipinski definition) is 0. The van der Waals surface area contributed by atoms with Crippen molar-refractivity contribution >= 4 is 29.3 Å². The van der Waals surface area contributed by atoms with E-state index in [2.05, 4.69) is 0 Å². The minimum Gasteiger partial charge on any atom is -0.462 e. The molecule has 0 saturated carbocycles. The molecule has 3 rings (SSSR count). The zero-order valence-electron chi connectivity index (χ0n) is 19.3. The highest BCUT2D eigenvalue weighted by atomic mass is 16.5. The molecular formula is C26H29NO6. The van der Waals surface area contributed by atoms with Crippen LogP contribution in [-0.2, 0) is 19.1 Å². The molecule has 0 aromatic heterocycles. The number of Topliss-reactive ketones (excluding diaryl/α,β-unsaturated/α-hetero) is 1. The smallest absolute Gasteiger partial charge is 0.338 e. The van der Waals surface area contributed by atoms with Crippen LogP contribution >= 0.6 is 0 Å². The average Bonchev–Trinajstić information content (AvgIpc) is 3.21. The van der Waals surface area contributed by atoms with E-state index in [0.29, 0.717) is 23.4 Å². The van der Waals surface area contributed by atoms with E-state index < -0.39 is 17.9 Å². The van der Waals surface area contributed by atoms with Gasteiger partial charge in [0.05, 0.1) is 18.1 Å². The number of hydrogen-bond acceptors (Lipinski definition) is 6. The molecule has 1 fully saturated rings. The number of aryl methyl sites for hydroxylation is 2. The van der Waals surface area contributed by atoms with E-state index in [0.717, 1.165) is 24.0 Å². The lowest BCUT2D eigenvalue weighted by molar-refractivity contribution is -0.147. The number of ether oxygens (including phenoxy) is 2. The lowest BCUT2D eigenvalue weighted by Gasteiger charge is -2.17. The minimum absolute atomic E-state index is 0.0114. The summed E-state index contributed by atoms with van der Waals surface area (Å²) in [5, 5.41) is 0. The Labute approximate surface area is 193 Å². The van der Waals surface area contributed by atoms with Crippen molar-refractivity contribution < 1.29 is 28.7 Å². The van der Waals surface area contributed by atoms with Gasteiger partial charge in [-0.1, -0.05) is 25.5 Å². The Kier molecular flexibility index (Phi) is 7.98. The third-order valence-electron chi connectivity index (χ3n) is 5.78. The molecule has 1 atom stereocenters. The van der Waals surface area contributed by atoms with Crippen LogP contribution in [0.5, 0.6) is 0 Å². The van der Waals surface area contributed by atoms with Gasteiger partial charge in [0.2, 0.25) is 5.91 Å². The summed E-state index contributed by atoms with van der Waals surface area (Å²) in [4.78, 5) is 50.8. The quantitative estimate of drug-likeness (QED) is 0.325. The predicted molar refractivity (Wildman–Crippen MR) is 123 cm³/mol. The van der Waals surface area contributed by atoms with Gasteiger partial charge in [-0.05, 0) is 61.7 Å². The number of ketones is 1. The molecule has 174 valence electrons. The van der Waals surface area contributed by atoms with Crippen molar-refractivity contribution in [3.8, 4) is 0 Å². The van der Waals surface area contributed by atoms with Crippen LogP contribution in [0.3, 0.4) is 0 Å². The van der Waals surface area contributed by atoms with Crippen molar-refractivity contribution in [1.29, 1.82) is 0 Å². The van der Waals surface area contributed by atoms with Crippen LogP contribution in [0, 0.1) is 19.8 Å². The lowest BCUT2D eigenvalue weighted by Crippen LogP contribution is -2.27. The van der Waals surface area contributed by atoms with Crippen LogP contribution in [0.25, 0.3) is 0 Å². The monoisotopic (exact) mass is 451 g/mol. The molecule has 1 aliphatic rings. The molecule has 1 amide bonds. The summed E-state index contributed by atoms with van der Waals surface area (Å²) in [6.45, 7) is 6.06. The summed E-state index contributed by atoms with van der Waals surface area (Å²) < 4.78 is 10.4. The lowest BCUT2D eigenvalue weighted by atomic mass is 10.0. The summed E-state index contributed by atoms with van der Waals surface area (Å²) >= 11 is 0. The Balaban J connectivity index is 1.54. The zero-order chi connectivity index (χ0) is 24.0.